The number of rotatable bonds is 2. The molecule has 90 valence electrons. The van der Waals surface area contributed by atoms with E-state index >= 15 is 0 Å². The van der Waals surface area contributed by atoms with Gasteiger partial charge < -0.3 is 5.32 Å². The van der Waals surface area contributed by atoms with Crippen molar-refractivity contribution in [2.75, 3.05) is 5.32 Å². The third-order valence-electron chi connectivity index (χ3n) is 2.38. The summed E-state index contributed by atoms with van der Waals surface area (Å²) in [6.45, 7) is 0. The first-order valence-corrected chi connectivity index (χ1v) is 5.90. The molecular weight excluding hydrogens is 296 g/mol. The Balaban J connectivity index is 2.27. The molecule has 1 heterocycles. The number of hydrogen-bond acceptors (Lipinski definition) is 3. The van der Waals surface area contributed by atoms with E-state index in [1.807, 2.05) is 12.1 Å². The average Bonchev–Trinajstić information content (AvgIpc) is 2.70. The number of nitrogens with one attached hydrogen (secondary N) is 1. The molecule has 0 aliphatic rings. The van der Waals surface area contributed by atoms with Crippen LogP contribution in [0, 0.1) is 11.3 Å². The number of hydrogen-bond donors (Lipinski definition) is 1. The van der Waals surface area contributed by atoms with Crippen LogP contribution in [0.4, 0.5) is 5.82 Å². The Kier molecular flexibility index (Phi) is 3.44. The van der Waals surface area contributed by atoms with Crippen LogP contribution in [0.25, 0.3) is 0 Å². The number of nitrogens with zero attached hydrogens (tertiary/aromatic N) is 3. The minimum absolute atomic E-state index is 0.281. The second-order valence-corrected chi connectivity index (χ2v) is 4.52. The molecule has 1 aromatic carbocycles. The maximum absolute atomic E-state index is 12.0. The zero-order chi connectivity index (χ0) is 13.1. The van der Waals surface area contributed by atoms with Crippen molar-refractivity contribution in [1.82, 2.24) is 9.78 Å². The molecule has 0 atom stereocenters. The second-order valence-electron chi connectivity index (χ2n) is 3.61. The maximum atomic E-state index is 12.0. The van der Waals surface area contributed by atoms with E-state index in [1.165, 1.54) is 10.9 Å². The van der Waals surface area contributed by atoms with E-state index in [-0.39, 0.29) is 5.91 Å². The van der Waals surface area contributed by atoms with Gasteiger partial charge in [-0.2, -0.15) is 10.4 Å². The van der Waals surface area contributed by atoms with Crippen molar-refractivity contribution in [3.05, 3.63) is 46.1 Å². The lowest BCUT2D eigenvalue weighted by atomic mass is 10.2. The normalized spacial score (nSPS) is 9.83. The Hall–Kier alpha value is -2.13. The van der Waals surface area contributed by atoms with Crippen molar-refractivity contribution < 1.29 is 4.79 Å². The van der Waals surface area contributed by atoms with Crippen LogP contribution in [0.3, 0.4) is 0 Å². The van der Waals surface area contributed by atoms with Crippen LogP contribution in [-0.2, 0) is 7.05 Å². The predicted molar refractivity (Wildman–Crippen MR) is 70.0 cm³/mol. The van der Waals surface area contributed by atoms with Gasteiger partial charge in [-0.1, -0.05) is 22.0 Å². The molecule has 0 saturated heterocycles. The van der Waals surface area contributed by atoms with Crippen molar-refractivity contribution in [3.8, 4) is 6.07 Å². The standard InChI is InChI=1S/C12H9BrN4O/c1-17-11(9(6-14)7-15-17)16-12(18)8-3-2-4-10(13)5-8/h2-5,7H,1H3,(H,16,18). The molecule has 1 amide bonds. The fraction of sp³-hybridized carbons (Fsp3) is 0.0833. The molecule has 0 spiro atoms. The van der Waals surface area contributed by atoms with E-state index in [9.17, 15) is 4.79 Å². The van der Waals surface area contributed by atoms with Gasteiger partial charge in [0.15, 0.2) is 0 Å². The van der Waals surface area contributed by atoms with E-state index in [4.69, 9.17) is 5.26 Å². The molecule has 0 bridgehead atoms. The number of halogens is 1. The summed E-state index contributed by atoms with van der Waals surface area (Å²) in [5.41, 5.74) is 0.843. The highest BCUT2D eigenvalue weighted by Crippen LogP contribution is 2.16. The lowest BCUT2D eigenvalue weighted by Gasteiger charge is -2.06. The van der Waals surface area contributed by atoms with E-state index in [0.29, 0.717) is 16.9 Å². The Morgan fingerprint density at radius 2 is 2.33 bits per heavy atom. The molecule has 18 heavy (non-hydrogen) atoms. The molecule has 0 saturated carbocycles. The van der Waals surface area contributed by atoms with Crippen molar-refractivity contribution >= 4 is 27.7 Å². The van der Waals surface area contributed by atoms with Gasteiger partial charge in [0.1, 0.15) is 17.5 Å². The lowest BCUT2D eigenvalue weighted by Crippen LogP contribution is -2.15. The smallest absolute Gasteiger partial charge is 0.256 e. The molecule has 2 rings (SSSR count). The number of nitriles is 1. The zero-order valence-corrected chi connectivity index (χ0v) is 11.1. The molecule has 6 heteroatoms. The van der Waals surface area contributed by atoms with Gasteiger partial charge in [-0.15, -0.1) is 0 Å². The number of aromatic nitrogens is 2. The van der Waals surface area contributed by atoms with Crippen molar-refractivity contribution in [1.29, 1.82) is 5.26 Å². The summed E-state index contributed by atoms with van der Waals surface area (Å²) in [7, 11) is 1.66. The van der Waals surface area contributed by atoms with Gasteiger partial charge in [-0.25, -0.2) is 0 Å². The number of anilines is 1. The van der Waals surface area contributed by atoms with Gasteiger partial charge in [0.05, 0.1) is 6.20 Å². The van der Waals surface area contributed by atoms with E-state index in [2.05, 4.69) is 26.3 Å². The summed E-state index contributed by atoms with van der Waals surface area (Å²) in [5, 5.41) is 15.5. The zero-order valence-electron chi connectivity index (χ0n) is 9.51. The Morgan fingerprint density at radius 3 is 3.00 bits per heavy atom. The van der Waals surface area contributed by atoms with Crippen LogP contribution in [0.1, 0.15) is 15.9 Å². The van der Waals surface area contributed by atoms with E-state index in [0.717, 1.165) is 4.47 Å². The van der Waals surface area contributed by atoms with Gasteiger partial charge in [0, 0.05) is 17.1 Å². The second kappa shape index (κ2) is 5.02. The largest absolute Gasteiger partial charge is 0.306 e. The molecule has 1 N–H and O–H groups in total. The van der Waals surface area contributed by atoms with Gasteiger partial charge >= 0.3 is 0 Å². The summed E-state index contributed by atoms with van der Waals surface area (Å²) >= 11 is 3.30. The molecule has 0 fully saturated rings. The Morgan fingerprint density at radius 1 is 1.56 bits per heavy atom. The summed E-state index contributed by atoms with van der Waals surface area (Å²) < 4.78 is 2.27. The van der Waals surface area contributed by atoms with Crippen LogP contribution in [0.2, 0.25) is 0 Å². The fourth-order valence-corrected chi connectivity index (χ4v) is 1.88. The highest BCUT2D eigenvalue weighted by atomic mass is 79.9. The molecule has 0 aliphatic carbocycles. The molecular formula is C12H9BrN4O. The quantitative estimate of drug-likeness (QED) is 0.925. The SMILES string of the molecule is Cn1ncc(C#N)c1NC(=O)c1cccc(Br)c1. The fourth-order valence-electron chi connectivity index (χ4n) is 1.48. The molecule has 1 aromatic heterocycles. The third-order valence-corrected chi connectivity index (χ3v) is 2.87. The predicted octanol–water partition coefficient (Wildman–Crippen LogP) is 2.31. The topological polar surface area (TPSA) is 70.7 Å². The van der Waals surface area contributed by atoms with Crippen LogP contribution < -0.4 is 5.32 Å². The summed E-state index contributed by atoms with van der Waals surface area (Å²) in [6, 6.07) is 8.99. The molecule has 2 aromatic rings. The molecule has 0 aliphatic heterocycles. The average molecular weight is 305 g/mol. The maximum Gasteiger partial charge on any atom is 0.256 e. The van der Waals surface area contributed by atoms with Crippen LogP contribution in [0.15, 0.2) is 34.9 Å². The van der Waals surface area contributed by atoms with Gasteiger partial charge in [0.25, 0.3) is 5.91 Å². The summed E-state index contributed by atoms with van der Waals surface area (Å²) in [5.74, 6) is 0.110. The molecule has 0 radical (unpaired) electrons. The summed E-state index contributed by atoms with van der Waals surface area (Å²) in [6.07, 6.45) is 1.41. The summed E-state index contributed by atoms with van der Waals surface area (Å²) in [4.78, 5) is 12.0. The van der Waals surface area contributed by atoms with Crippen LogP contribution in [-0.4, -0.2) is 15.7 Å². The minimum atomic E-state index is -0.281. The number of carbonyl (C=O) groups is 1. The number of benzene rings is 1. The first-order valence-electron chi connectivity index (χ1n) is 5.11. The monoisotopic (exact) mass is 304 g/mol. The first-order chi connectivity index (χ1) is 8.61. The minimum Gasteiger partial charge on any atom is -0.306 e. The lowest BCUT2D eigenvalue weighted by molar-refractivity contribution is 0.102. The van der Waals surface area contributed by atoms with E-state index in [1.54, 1.807) is 25.2 Å². The van der Waals surface area contributed by atoms with Gasteiger partial charge in [-0.3, -0.25) is 9.48 Å². The number of aryl methyl sites for hydroxylation is 1. The molecule has 5 nitrogen and oxygen atoms in total. The Bertz CT molecular complexity index is 642. The third kappa shape index (κ3) is 2.41. The van der Waals surface area contributed by atoms with E-state index < -0.39 is 0 Å². The molecule has 0 unspecified atom stereocenters. The van der Waals surface area contributed by atoms with Crippen LogP contribution in [0.5, 0.6) is 0 Å². The van der Waals surface area contributed by atoms with Gasteiger partial charge in [0.2, 0.25) is 0 Å². The highest BCUT2D eigenvalue weighted by molar-refractivity contribution is 9.10. The number of carbonyl (C=O) groups excluding carboxylic acids is 1. The van der Waals surface area contributed by atoms with Crippen LogP contribution >= 0.6 is 15.9 Å². The first kappa shape index (κ1) is 12.3. The highest BCUT2D eigenvalue weighted by Gasteiger charge is 2.13. The van der Waals surface area contributed by atoms with Gasteiger partial charge in [-0.05, 0) is 18.2 Å². The van der Waals surface area contributed by atoms with Crippen molar-refractivity contribution in [3.63, 3.8) is 0 Å². The van der Waals surface area contributed by atoms with Crippen molar-refractivity contribution in [2.45, 2.75) is 0 Å². The van der Waals surface area contributed by atoms with Crippen molar-refractivity contribution in [2.24, 2.45) is 7.05 Å². The Labute approximate surface area is 112 Å². The number of amides is 1.